The first-order valence-electron chi connectivity index (χ1n) is 11.1. The molecule has 2 atom stereocenters. The van der Waals surface area contributed by atoms with E-state index in [1.807, 2.05) is 9.80 Å². The van der Waals surface area contributed by atoms with E-state index in [0.29, 0.717) is 37.9 Å². The molecule has 2 saturated heterocycles. The summed E-state index contributed by atoms with van der Waals surface area (Å²) in [4.78, 5) is 41.5. The molecule has 7 nitrogen and oxygen atoms in total. The van der Waals surface area contributed by atoms with Gasteiger partial charge < -0.3 is 20.9 Å². The van der Waals surface area contributed by atoms with Gasteiger partial charge in [0.2, 0.25) is 17.7 Å². The van der Waals surface area contributed by atoms with Crippen LogP contribution in [0, 0.1) is 17.8 Å². The number of amides is 3. The molecule has 2 aliphatic heterocycles. The number of hydrogen-bond donors (Lipinski definition) is 2. The minimum absolute atomic E-state index is 0.114. The second kappa shape index (κ2) is 8.39. The molecule has 2 aliphatic carbocycles. The zero-order valence-corrected chi connectivity index (χ0v) is 16.8. The van der Waals surface area contributed by atoms with Gasteiger partial charge in [-0.15, -0.1) is 0 Å². The van der Waals surface area contributed by atoms with Crippen LogP contribution in [0.2, 0.25) is 0 Å². The molecule has 0 spiro atoms. The summed E-state index contributed by atoms with van der Waals surface area (Å²) in [6.07, 6.45) is 8.60. The van der Waals surface area contributed by atoms with Crippen molar-refractivity contribution >= 4 is 17.7 Å². The summed E-state index contributed by atoms with van der Waals surface area (Å²) in [6, 6.07) is -0.423. The zero-order chi connectivity index (χ0) is 19.7. The molecule has 0 aromatic carbocycles. The summed E-state index contributed by atoms with van der Waals surface area (Å²) in [6.45, 7) is 2.74. The number of primary amides is 1. The SMILES string of the molecule is NC(=O)CC1CCN(C(=O)[C@H](CC2CC2)N2CCN[C@@H](CC3CC3)C2=O)CC1. The number of piperidine rings is 1. The molecule has 4 fully saturated rings. The molecular formula is C21H34N4O3. The predicted molar refractivity (Wildman–Crippen MR) is 105 cm³/mol. The standard InChI is InChI=1S/C21H34N4O3/c22-19(26)13-16-5-8-24(9-6-16)21(28)18(12-15-3-4-15)25-10-7-23-17(20(25)27)11-14-1-2-14/h14-18,23H,1-13H2,(H2,22,26)/t17-,18-/m0/s1. The van der Waals surface area contributed by atoms with E-state index in [1.54, 1.807) is 0 Å². The Kier molecular flexibility index (Phi) is 5.90. The van der Waals surface area contributed by atoms with Crippen LogP contribution in [0.25, 0.3) is 0 Å². The summed E-state index contributed by atoms with van der Waals surface area (Å²) in [7, 11) is 0. The fourth-order valence-corrected chi connectivity index (χ4v) is 4.82. The Morgan fingerprint density at radius 1 is 1.00 bits per heavy atom. The molecule has 4 aliphatic rings. The number of carbonyl (C=O) groups excluding carboxylic acids is 3. The maximum atomic E-state index is 13.4. The number of piperazine rings is 1. The molecule has 28 heavy (non-hydrogen) atoms. The smallest absolute Gasteiger partial charge is 0.245 e. The van der Waals surface area contributed by atoms with Crippen molar-refractivity contribution in [2.75, 3.05) is 26.2 Å². The average Bonchev–Trinajstić information content (AvgIpc) is 3.58. The third-order valence-electron chi connectivity index (χ3n) is 6.92. The number of nitrogens with two attached hydrogens (primary N) is 1. The Balaban J connectivity index is 1.39. The Morgan fingerprint density at radius 3 is 2.29 bits per heavy atom. The Bertz CT molecular complexity index is 609. The molecule has 2 heterocycles. The highest BCUT2D eigenvalue weighted by Crippen LogP contribution is 2.37. The van der Waals surface area contributed by atoms with Crippen LogP contribution < -0.4 is 11.1 Å². The Hall–Kier alpha value is -1.63. The molecule has 3 N–H and O–H groups in total. The minimum atomic E-state index is -0.309. The van der Waals surface area contributed by atoms with Crippen molar-refractivity contribution in [1.82, 2.24) is 15.1 Å². The Morgan fingerprint density at radius 2 is 1.68 bits per heavy atom. The largest absolute Gasteiger partial charge is 0.370 e. The molecule has 4 rings (SSSR count). The van der Waals surface area contributed by atoms with Crippen molar-refractivity contribution in [1.29, 1.82) is 0 Å². The number of nitrogens with zero attached hydrogens (tertiary/aromatic N) is 2. The maximum Gasteiger partial charge on any atom is 0.245 e. The van der Waals surface area contributed by atoms with Gasteiger partial charge in [-0.1, -0.05) is 25.7 Å². The number of likely N-dealkylation sites (tertiary alicyclic amines) is 1. The van der Waals surface area contributed by atoms with Gasteiger partial charge in [0, 0.05) is 32.6 Å². The molecule has 0 aromatic rings. The van der Waals surface area contributed by atoms with Crippen molar-refractivity contribution in [3.8, 4) is 0 Å². The van der Waals surface area contributed by atoms with E-state index in [9.17, 15) is 14.4 Å². The monoisotopic (exact) mass is 390 g/mol. The van der Waals surface area contributed by atoms with E-state index < -0.39 is 0 Å². The molecule has 3 amide bonds. The quantitative estimate of drug-likeness (QED) is 0.643. The van der Waals surface area contributed by atoms with E-state index in [0.717, 1.165) is 32.2 Å². The van der Waals surface area contributed by atoms with Crippen LogP contribution in [0.3, 0.4) is 0 Å². The van der Waals surface area contributed by atoms with E-state index in [1.165, 1.54) is 25.7 Å². The van der Waals surface area contributed by atoms with Crippen molar-refractivity contribution < 1.29 is 14.4 Å². The summed E-state index contributed by atoms with van der Waals surface area (Å²) >= 11 is 0. The lowest BCUT2D eigenvalue weighted by atomic mass is 9.92. The molecule has 0 bridgehead atoms. The lowest BCUT2D eigenvalue weighted by Crippen LogP contribution is -2.62. The highest BCUT2D eigenvalue weighted by molar-refractivity contribution is 5.90. The number of rotatable bonds is 8. The highest BCUT2D eigenvalue weighted by Gasteiger charge is 2.42. The summed E-state index contributed by atoms with van der Waals surface area (Å²) in [5, 5.41) is 3.38. The average molecular weight is 391 g/mol. The normalized spacial score (nSPS) is 27.7. The van der Waals surface area contributed by atoms with E-state index in [2.05, 4.69) is 5.32 Å². The maximum absolute atomic E-state index is 13.4. The summed E-state index contributed by atoms with van der Waals surface area (Å²) < 4.78 is 0. The molecule has 0 unspecified atom stereocenters. The summed E-state index contributed by atoms with van der Waals surface area (Å²) in [5.74, 6) is 1.54. The van der Waals surface area contributed by atoms with Gasteiger partial charge in [-0.05, 0) is 43.4 Å². The second-order valence-electron chi connectivity index (χ2n) is 9.35. The van der Waals surface area contributed by atoms with Crippen LogP contribution in [0.4, 0.5) is 0 Å². The Labute approximate surface area is 167 Å². The van der Waals surface area contributed by atoms with Crippen molar-refractivity contribution in [3.05, 3.63) is 0 Å². The van der Waals surface area contributed by atoms with Gasteiger partial charge in [-0.2, -0.15) is 0 Å². The third-order valence-corrected chi connectivity index (χ3v) is 6.92. The van der Waals surface area contributed by atoms with Crippen LogP contribution in [0.15, 0.2) is 0 Å². The van der Waals surface area contributed by atoms with E-state index in [-0.39, 0.29) is 35.7 Å². The third kappa shape index (κ3) is 4.85. The first-order chi connectivity index (χ1) is 13.5. The molecule has 156 valence electrons. The lowest BCUT2D eigenvalue weighted by Gasteiger charge is -2.41. The van der Waals surface area contributed by atoms with Crippen molar-refractivity contribution in [2.24, 2.45) is 23.5 Å². The minimum Gasteiger partial charge on any atom is -0.370 e. The van der Waals surface area contributed by atoms with Gasteiger partial charge in [-0.3, -0.25) is 14.4 Å². The van der Waals surface area contributed by atoms with Crippen LogP contribution in [0.5, 0.6) is 0 Å². The first kappa shape index (κ1) is 19.7. The van der Waals surface area contributed by atoms with E-state index in [4.69, 9.17) is 5.73 Å². The van der Waals surface area contributed by atoms with Crippen LogP contribution >= 0.6 is 0 Å². The van der Waals surface area contributed by atoms with E-state index >= 15 is 0 Å². The van der Waals surface area contributed by atoms with Crippen LogP contribution in [-0.4, -0.2) is 65.8 Å². The second-order valence-corrected chi connectivity index (χ2v) is 9.35. The molecular weight excluding hydrogens is 356 g/mol. The first-order valence-corrected chi connectivity index (χ1v) is 11.1. The van der Waals surface area contributed by atoms with Gasteiger partial charge in [-0.25, -0.2) is 0 Å². The van der Waals surface area contributed by atoms with Gasteiger partial charge in [0.15, 0.2) is 0 Å². The fourth-order valence-electron chi connectivity index (χ4n) is 4.82. The summed E-state index contributed by atoms with van der Waals surface area (Å²) in [5.41, 5.74) is 5.32. The van der Waals surface area contributed by atoms with Crippen molar-refractivity contribution in [3.63, 3.8) is 0 Å². The van der Waals surface area contributed by atoms with Gasteiger partial charge in [0.05, 0.1) is 6.04 Å². The zero-order valence-electron chi connectivity index (χ0n) is 16.8. The van der Waals surface area contributed by atoms with Gasteiger partial charge >= 0.3 is 0 Å². The molecule has 7 heteroatoms. The topological polar surface area (TPSA) is 95.7 Å². The highest BCUT2D eigenvalue weighted by atomic mass is 16.2. The van der Waals surface area contributed by atoms with Crippen LogP contribution in [0.1, 0.15) is 57.8 Å². The van der Waals surface area contributed by atoms with Gasteiger partial charge in [0.25, 0.3) is 0 Å². The number of nitrogens with one attached hydrogen (secondary N) is 1. The lowest BCUT2D eigenvalue weighted by molar-refractivity contribution is -0.150. The molecule has 0 radical (unpaired) electrons. The number of carbonyl (C=O) groups is 3. The fraction of sp³-hybridized carbons (Fsp3) is 0.857. The molecule has 2 saturated carbocycles. The van der Waals surface area contributed by atoms with Gasteiger partial charge in [0.1, 0.15) is 6.04 Å². The predicted octanol–water partition coefficient (Wildman–Crippen LogP) is 0.870. The number of hydrogen-bond acceptors (Lipinski definition) is 4. The molecule has 0 aromatic heterocycles. The van der Waals surface area contributed by atoms with Crippen LogP contribution in [-0.2, 0) is 14.4 Å². The van der Waals surface area contributed by atoms with Crippen molar-refractivity contribution in [2.45, 2.75) is 69.9 Å².